The lowest BCUT2D eigenvalue weighted by Crippen LogP contribution is -2.00. The van der Waals surface area contributed by atoms with E-state index in [1.54, 1.807) is 6.92 Å². The molecule has 0 amide bonds. The molecule has 0 aromatic heterocycles. The van der Waals surface area contributed by atoms with Crippen molar-refractivity contribution in [1.29, 1.82) is 0 Å². The van der Waals surface area contributed by atoms with Gasteiger partial charge in [0.15, 0.2) is 0 Å². The maximum atomic E-state index is 13.0. The van der Waals surface area contributed by atoms with Crippen molar-refractivity contribution in [2.24, 2.45) is 0 Å². The first kappa shape index (κ1) is 15.7. The predicted octanol–water partition coefficient (Wildman–Crippen LogP) is 3.78. The lowest BCUT2D eigenvalue weighted by atomic mass is 10.2. The van der Waals surface area contributed by atoms with Crippen molar-refractivity contribution in [2.75, 3.05) is 0 Å². The van der Waals surface area contributed by atoms with Crippen molar-refractivity contribution in [3.05, 3.63) is 59.2 Å². The molecule has 0 fully saturated rings. The summed E-state index contributed by atoms with van der Waals surface area (Å²) in [7, 11) is 1.44. The van der Waals surface area contributed by atoms with Crippen LogP contribution in [0.25, 0.3) is 0 Å². The van der Waals surface area contributed by atoms with Crippen LogP contribution in [-0.4, -0.2) is 8.42 Å². The van der Waals surface area contributed by atoms with Crippen molar-refractivity contribution in [3.8, 4) is 5.75 Å². The first-order valence-electron chi connectivity index (χ1n) is 5.89. The summed E-state index contributed by atoms with van der Waals surface area (Å²) in [4.78, 5) is -0.0363. The third-order valence-corrected chi connectivity index (χ3v) is 4.10. The summed E-state index contributed by atoms with van der Waals surface area (Å²) < 4.78 is 53.9. The Morgan fingerprint density at radius 1 is 1.10 bits per heavy atom. The van der Waals surface area contributed by atoms with Crippen LogP contribution in [0, 0.1) is 18.6 Å². The fraction of sp³-hybridized carbons (Fsp3) is 0.143. The van der Waals surface area contributed by atoms with Gasteiger partial charge < -0.3 is 4.74 Å². The minimum Gasteiger partial charge on any atom is -0.489 e. The normalized spacial score (nSPS) is 11.4. The van der Waals surface area contributed by atoms with Crippen LogP contribution in [0.15, 0.2) is 41.3 Å². The predicted molar refractivity (Wildman–Crippen MR) is 74.9 cm³/mol. The highest BCUT2D eigenvalue weighted by Crippen LogP contribution is 2.24. The third kappa shape index (κ3) is 4.15. The maximum Gasteiger partial charge on any atom is 0.261 e. The molecule has 0 heterocycles. The average molecular weight is 333 g/mol. The Balaban J connectivity index is 2.17. The highest BCUT2D eigenvalue weighted by atomic mass is 35.7. The van der Waals surface area contributed by atoms with E-state index in [9.17, 15) is 17.2 Å². The number of benzene rings is 2. The summed E-state index contributed by atoms with van der Waals surface area (Å²) in [5.74, 6) is -0.966. The van der Waals surface area contributed by atoms with E-state index in [2.05, 4.69) is 0 Å². The zero-order chi connectivity index (χ0) is 15.6. The van der Waals surface area contributed by atoms with Gasteiger partial charge in [-0.3, -0.25) is 0 Å². The molecule has 0 aliphatic rings. The number of rotatable bonds is 4. The lowest BCUT2D eigenvalue weighted by molar-refractivity contribution is 0.302. The number of hydrogen-bond acceptors (Lipinski definition) is 3. The van der Waals surface area contributed by atoms with Crippen LogP contribution in [0.2, 0.25) is 0 Å². The second-order valence-electron chi connectivity index (χ2n) is 4.43. The monoisotopic (exact) mass is 332 g/mol. The van der Waals surface area contributed by atoms with Gasteiger partial charge >= 0.3 is 0 Å². The van der Waals surface area contributed by atoms with Gasteiger partial charge in [-0.1, -0.05) is 0 Å². The Labute approximate surface area is 125 Å². The SMILES string of the molecule is Cc1cc(S(=O)(=O)Cl)ccc1OCc1cc(F)cc(F)c1. The molecular weight excluding hydrogens is 322 g/mol. The molecule has 0 N–H and O–H groups in total. The number of ether oxygens (including phenoxy) is 1. The smallest absolute Gasteiger partial charge is 0.261 e. The highest BCUT2D eigenvalue weighted by molar-refractivity contribution is 8.13. The molecule has 2 aromatic rings. The van der Waals surface area contributed by atoms with Crippen LogP contribution >= 0.6 is 10.7 Å². The van der Waals surface area contributed by atoms with E-state index in [-0.39, 0.29) is 11.5 Å². The Morgan fingerprint density at radius 2 is 1.71 bits per heavy atom. The van der Waals surface area contributed by atoms with Gasteiger partial charge in [-0.25, -0.2) is 17.2 Å². The molecule has 0 bridgehead atoms. The van der Waals surface area contributed by atoms with Crippen LogP contribution in [0.5, 0.6) is 5.75 Å². The molecule has 2 aromatic carbocycles. The number of hydrogen-bond donors (Lipinski definition) is 0. The molecule has 112 valence electrons. The molecule has 7 heteroatoms. The van der Waals surface area contributed by atoms with E-state index >= 15 is 0 Å². The Bertz CT molecular complexity index is 756. The average Bonchev–Trinajstić information content (AvgIpc) is 2.35. The summed E-state index contributed by atoms with van der Waals surface area (Å²) in [5, 5.41) is 0. The topological polar surface area (TPSA) is 43.4 Å². The van der Waals surface area contributed by atoms with Crippen LogP contribution in [0.1, 0.15) is 11.1 Å². The van der Waals surface area contributed by atoms with Gasteiger partial charge in [0.25, 0.3) is 9.05 Å². The van der Waals surface area contributed by atoms with Crippen LogP contribution in [0.4, 0.5) is 8.78 Å². The summed E-state index contributed by atoms with van der Waals surface area (Å²) in [6.45, 7) is 1.61. The Hall–Kier alpha value is -1.66. The third-order valence-electron chi connectivity index (χ3n) is 2.74. The largest absolute Gasteiger partial charge is 0.489 e. The van der Waals surface area contributed by atoms with Gasteiger partial charge in [-0.2, -0.15) is 0 Å². The van der Waals surface area contributed by atoms with E-state index in [0.717, 1.165) is 18.2 Å². The standard InChI is InChI=1S/C14H11ClF2O3S/c1-9-4-13(21(15,18)19)2-3-14(9)20-8-10-5-11(16)7-12(17)6-10/h2-7H,8H2,1H3. The molecule has 0 aliphatic carbocycles. The van der Waals surface area contributed by atoms with Crippen molar-refractivity contribution in [2.45, 2.75) is 18.4 Å². The minimum absolute atomic E-state index is 0.0363. The van der Waals surface area contributed by atoms with Gasteiger partial charge in [0, 0.05) is 16.7 Å². The lowest BCUT2D eigenvalue weighted by Gasteiger charge is -2.10. The van der Waals surface area contributed by atoms with Crippen molar-refractivity contribution >= 4 is 19.7 Å². The van der Waals surface area contributed by atoms with Gasteiger partial charge in [0.2, 0.25) is 0 Å². The molecule has 2 rings (SSSR count). The fourth-order valence-electron chi connectivity index (χ4n) is 1.79. The van der Waals surface area contributed by atoms with Crippen LogP contribution in [-0.2, 0) is 15.7 Å². The first-order valence-corrected chi connectivity index (χ1v) is 8.20. The minimum atomic E-state index is -3.80. The van der Waals surface area contributed by atoms with E-state index < -0.39 is 20.7 Å². The van der Waals surface area contributed by atoms with Crippen molar-refractivity contribution in [3.63, 3.8) is 0 Å². The van der Waals surface area contributed by atoms with E-state index in [4.69, 9.17) is 15.4 Å². The molecular formula is C14H11ClF2O3S. The van der Waals surface area contributed by atoms with Gasteiger partial charge in [-0.05, 0) is 48.4 Å². The molecule has 0 unspecified atom stereocenters. The van der Waals surface area contributed by atoms with Gasteiger partial charge in [0.1, 0.15) is 24.0 Å². The maximum absolute atomic E-state index is 13.0. The van der Waals surface area contributed by atoms with E-state index in [1.807, 2.05) is 0 Å². The summed E-state index contributed by atoms with van der Waals surface area (Å²) >= 11 is 0. The Morgan fingerprint density at radius 3 is 2.24 bits per heavy atom. The second kappa shape index (κ2) is 5.99. The molecule has 0 saturated heterocycles. The quantitative estimate of drug-likeness (QED) is 0.800. The highest BCUT2D eigenvalue weighted by Gasteiger charge is 2.12. The van der Waals surface area contributed by atoms with Crippen molar-refractivity contribution in [1.82, 2.24) is 0 Å². The molecule has 0 spiro atoms. The molecule has 0 radical (unpaired) electrons. The summed E-state index contributed by atoms with van der Waals surface area (Å²) in [5.41, 5.74) is 0.884. The van der Waals surface area contributed by atoms with E-state index in [0.29, 0.717) is 16.9 Å². The number of aryl methyl sites for hydroxylation is 1. The summed E-state index contributed by atoms with van der Waals surface area (Å²) in [6, 6.07) is 7.21. The molecule has 0 atom stereocenters. The van der Waals surface area contributed by atoms with Crippen molar-refractivity contribution < 1.29 is 21.9 Å². The van der Waals surface area contributed by atoms with Gasteiger partial charge in [0.05, 0.1) is 4.90 Å². The summed E-state index contributed by atoms with van der Waals surface area (Å²) in [6.07, 6.45) is 0. The van der Waals surface area contributed by atoms with E-state index in [1.165, 1.54) is 18.2 Å². The Kier molecular flexibility index (Phi) is 4.49. The molecule has 0 aliphatic heterocycles. The number of halogens is 3. The molecule has 21 heavy (non-hydrogen) atoms. The molecule has 0 saturated carbocycles. The molecule has 3 nitrogen and oxygen atoms in total. The zero-order valence-corrected chi connectivity index (χ0v) is 12.5. The van der Waals surface area contributed by atoms with Crippen LogP contribution in [0.3, 0.4) is 0 Å². The zero-order valence-electron chi connectivity index (χ0n) is 10.9. The van der Waals surface area contributed by atoms with Crippen LogP contribution < -0.4 is 4.74 Å². The fourth-order valence-corrected chi connectivity index (χ4v) is 2.63. The second-order valence-corrected chi connectivity index (χ2v) is 7.00. The van der Waals surface area contributed by atoms with Gasteiger partial charge in [-0.15, -0.1) is 0 Å². The first-order chi connectivity index (χ1) is 9.75.